The lowest BCUT2D eigenvalue weighted by Gasteiger charge is -2.30. The van der Waals surface area contributed by atoms with Crippen LogP contribution in [0.3, 0.4) is 0 Å². The molecular formula is C34H39N5O5. The molecule has 2 N–H and O–H groups in total. The molecular weight excluding hydrogens is 558 g/mol. The minimum Gasteiger partial charge on any atom is -0.490 e. The molecule has 2 aromatic heterocycles. The zero-order valence-corrected chi connectivity index (χ0v) is 24.8. The largest absolute Gasteiger partial charge is 0.490 e. The van der Waals surface area contributed by atoms with Crippen molar-refractivity contribution in [2.24, 2.45) is 0 Å². The van der Waals surface area contributed by atoms with Gasteiger partial charge in [0.15, 0.2) is 0 Å². The highest BCUT2D eigenvalue weighted by molar-refractivity contribution is 5.99. The maximum atomic E-state index is 14.4. The number of carbonyl (C=O) groups is 1. The highest BCUT2D eigenvalue weighted by Gasteiger charge is 2.35. The zero-order chi connectivity index (χ0) is 30.3. The summed E-state index contributed by atoms with van der Waals surface area (Å²) in [5.41, 5.74) is 2.25. The molecule has 230 valence electrons. The third-order valence-electron chi connectivity index (χ3n) is 8.35. The van der Waals surface area contributed by atoms with Crippen LogP contribution in [0.25, 0.3) is 11.3 Å². The molecule has 2 atom stereocenters. The number of nitrogens with one attached hydrogen (secondary N) is 1. The standard InChI is InChI=1S/C34H39N5O5/c40-30-14-5-4-13-29(30)39-31(26-9-2-1-3-10-26)32(33(41)37-18-16-35-17-19-37)38(34(39)42)24-25-8-6-11-27(22-25)43-20-21-44-28-12-7-15-36-23-28/h1-3,6-12,15,22-23,29-30,35,40H,4-5,13-14,16-21,24H2/t29?,30-/m1/s1. The Morgan fingerprint density at radius 1 is 0.932 bits per heavy atom. The second-order valence-electron chi connectivity index (χ2n) is 11.3. The smallest absolute Gasteiger partial charge is 0.329 e. The quantitative estimate of drug-likeness (QED) is 0.268. The first kappa shape index (κ1) is 29.7. The average Bonchev–Trinajstić information content (AvgIpc) is 3.35. The summed E-state index contributed by atoms with van der Waals surface area (Å²) in [6.07, 6.45) is 5.82. The SMILES string of the molecule is O=C(c1c(-c2ccccc2)n(C2CCCC[C@H]2O)c(=O)n1Cc1cccc(OCCOc2cccnc2)c1)N1CCNCC1. The van der Waals surface area contributed by atoms with Gasteiger partial charge in [-0.1, -0.05) is 55.3 Å². The molecule has 1 unspecified atom stereocenters. The van der Waals surface area contributed by atoms with Crippen LogP contribution in [-0.4, -0.2) is 75.5 Å². The first-order valence-corrected chi connectivity index (χ1v) is 15.4. The summed E-state index contributed by atoms with van der Waals surface area (Å²) in [5, 5.41) is 14.4. The van der Waals surface area contributed by atoms with E-state index in [1.54, 1.807) is 21.5 Å². The monoisotopic (exact) mass is 597 g/mol. The maximum Gasteiger partial charge on any atom is 0.329 e. The van der Waals surface area contributed by atoms with Crippen LogP contribution >= 0.6 is 0 Å². The molecule has 2 fully saturated rings. The van der Waals surface area contributed by atoms with Gasteiger partial charge in [-0.25, -0.2) is 4.79 Å². The molecule has 10 heteroatoms. The minimum atomic E-state index is -0.660. The lowest BCUT2D eigenvalue weighted by molar-refractivity contribution is 0.0719. The summed E-state index contributed by atoms with van der Waals surface area (Å²) in [7, 11) is 0. The van der Waals surface area contributed by atoms with Crippen LogP contribution in [0.2, 0.25) is 0 Å². The number of benzene rings is 2. The van der Waals surface area contributed by atoms with Gasteiger partial charge in [-0.15, -0.1) is 0 Å². The number of hydrogen-bond donors (Lipinski definition) is 2. The van der Waals surface area contributed by atoms with Crippen molar-refractivity contribution >= 4 is 5.91 Å². The van der Waals surface area contributed by atoms with Crippen molar-refractivity contribution in [1.82, 2.24) is 24.3 Å². The molecule has 2 aliphatic rings. The highest BCUT2D eigenvalue weighted by atomic mass is 16.5. The van der Waals surface area contributed by atoms with Crippen LogP contribution in [0.4, 0.5) is 0 Å². The van der Waals surface area contributed by atoms with Crippen LogP contribution in [0.15, 0.2) is 83.9 Å². The van der Waals surface area contributed by atoms with E-state index in [1.807, 2.05) is 71.6 Å². The second-order valence-corrected chi connectivity index (χ2v) is 11.3. The Morgan fingerprint density at radius 2 is 1.68 bits per heavy atom. The zero-order valence-electron chi connectivity index (χ0n) is 24.8. The van der Waals surface area contributed by atoms with Gasteiger partial charge in [0.05, 0.1) is 30.6 Å². The average molecular weight is 598 g/mol. The molecule has 0 radical (unpaired) electrons. The van der Waals surface area contributed by atoms with E-state index < -0.39 is 12.1 Å². The van der Waals surface area contributed by atoms with Crippen molar-refractivity contribution in [3.8, 4) is 22.8 Å². The molecule has 1 amide bonds. The number of hydrogen-bond acceptors (Lipinski definition) is 7. The van der Waals surface area contributed by atoms with Crippen molar-refractivity contribution in [3.05, 3.63) is 101 Å². The minimum absolute atomic E-state index is 0.175. The summed E-state index contributed by atoms with van der Waals surface area (Å²) in [6, 6.07) is 20.4. The van der Waals surface area contributed by atoms with E-state index in [1.165, 1.54) is 0 Å². The van der Waals surface area contributed by atoms with E-state index in [0.29, 0.717) is 75.1 Å². The van der Waals surface area contributed by atoms with Crippen molar-refractivity contribution in [1.29, 1.82) is 0 Å². The number of pyridine rings is 1. The Balaban J connectivity index is 1.36. The van der Waals surface area contributed by atoms with Gasteiger partial charge in [0.25, 0.3) is 5.91 Å². The van der Waals surface area contributed by atoms with E-state index in [9.17, 15) is 14.7 Å². The molecule has 4 aromatic rings. The number of piperazine rings is 1. The Bertz CT molecular complexity index is 1600. The van der Waals surface area contributed by atoms with Gasteiger partial charge in [-0.2, -0.15) is 0 Å². The third-order valence-corrected chi connectivity index (χ3v) is 8.35. The first-order chi connectivity index (χ1) is 21.6. The Hall–Kier alpha value is -4.41. The van der Waals surface area contributed by atoms with Crippen molar-refractivity contribution in [3.63, 3.8) is 0 Å². The molecule has 1 saturated heterocycles. The van der Waals surface area contributed by atoms with Gasteiger partial charge in [0, 0.05) is 37.9 Å². The van der Waals surface area contributed by atoms with Crippen LogP contribution in [0.5, 0.6) is 11.5 Å². The fourth-order valence-electron chi connectivity index (χ4n) is 6.18. The van der Waals surface area contributed by atoms with Gasteiger partial charge < -0.3 is 24.8 Å². The van der Waals surface area contributed by atoms with Gasteiger partial charge in [-0.05, 0) is 42.7 Å². The van der Waals surface area contributed by atoms with Crippen molar-refractivity contribution < 1.29 is 19.4 Å². The number of ether oxygens (including phenoxy) is 2. The highest BCUT2D eigenvalue weighted by Crippen LogP contribution is 2.34. The normalized spacial score (nSPS) is 18.6. The van der Waals surface area contributed by atoms with E-state index in [0.717, 1.165) is 24.0 Å². The molecule has 6 rings (SSSR count). The Morgan fingerprint density at radius 3 is 2.43 bits per heavy atom. The predicted molar refractivity (Wildman–Crippen MR) is 167 cm³/mol. The van der Waals surface area contributed by atoms with Crippen LogP contribution < -0.4 is 20.5 Å². The number of nitrogens with zero attached hydrogens (tertiary/aromatic N) is 4. The number of carbonyl (C=O) groups excluding carboxylic acids is 1. The van der Waals surface area contributed by atoms with Crippen LogP contribution in [0.1, 0.15) is 47.8 Å². The fraction of sp³-hybridized carbons (Fsp3) is 0.382. The summed E-state index contributed by atoms with van der Waals surface area (Å²) < 4.78 is 14.9. The number of imidazole rings is 1. The Kier molecular flexibility index (Phi) is 9.38. The molecule has 1 aliphatic heterocycles. The summed E-state index contributed by atoms with van der Waals surface area (Å²) >= 11 is 0. The number of aromatic nitrogens is 3. The van der Waals surface area contributed by atoms with Gasteiger partial charge in [0.1, 0.15) is 30.4 Å². The fourth-order valence-corrected chi connectivity index (χ4v) is 6.18. The van der Waals surface area contributed by atoms with Gasteiger partial charge >= 0.3 is 5.69 Å². The lowest BCUT2D eigenvalue weighted by Crippen LogP contribution is -2.47. The van der Waals surface area contributed by atoms with E-state index in [2.05, 4.69) is 10.3 Å². The Labute approximate surface area is 256 Å². The predicted octanol–water partition coefficient (Wildman–Crippen LogP) is 3.74. The number of aliphatic hydroxyl groups excluding tert-OH is 1. The van der Waals surface area contributed by atoms with Crippen molar-refractivity contribution in [2.75, 3.05) is 39.4 Å². The molecule has 44 heavy (non-hydrogen) atoms. The van der Waals surface area contributed by atoms with E-state index >= 15 is 0 Å². The van der Waals surface area contributed by atoms with Crippen LogP contribution in [-0.2, 0) is 6.54 Å². The lowest BCUT2D eigenvalue weighted by atomic mass is 9.92. The van der Waals surface area contributed by atoms with Crippen LogP contribution in [0, 0.1) is 0 Å². The molecule has 1 saturated carbocycles. The summed E-state index contributed by atoms with van der Waals surface area (Å²) in [6.45, 7) is 3.38. The number of aliphatic hydroxyl groups is 1. The maximum absolute atomic E-state index is 14.4. The third kappa shape index (κ3) is 6.56. The second kappa shape index (κ2) is 13.9. The van der Waals surface area contributed by atoms with E-state index in [4.69, 9.17) is 9.47 Å². The van der Waals surface area contributed by atoms with Crippen molar-refractivity contribution in [2.45, 2.75) is 44.4 Å². The van der Waals surface area contributed by atoms with Gasteiger partial charge in [-0.3, -0.25) is 18.9 Å². The molecule has 10 nitrogen and oxygen atoms in total. The van der Waals surface area contributed by atoms with E-state index in [-0.39, 0.29) is 18.1 Å². The number of amides is 1. The molecule has 1 aliphatic carbocycles. The number of rotatable bonds is 10. The van der Waals surface area contributed by atoms with Gasteiger partial charge in [0.2, 0.25) is 0 Å². The summed E-state index contributed by atoms with van der Waals surface area (Å²) in [4.78, 5) is 34.6. The first-order valence-electron chi connectivity index (χ1n) is 15.4. The summed E-state index contributed by atoms with van der Waals surface area (Å²) in [5.74, 6) is 1.14. The molecule has 3 heterocycles. The molecule has 2 aromatic carbocycles. The topological polar surface area (TPSA) is 111 Å². The molecule has 0 bridgehead atoms. The molecule has 0 spiro atoms.